The van der Waals surface area contributed by atoms with Crippen molar-refractivity contribution in [2.75, 3.05) is 0 Å². The van der Waals surface area contributed by atoms with Crippen molar-refractivity contribution in [2.45, 2.75) is 5.92 Å². The number of hydrogen-bond acceptors (Lipinski definition) is 5. The summed E-state index contributed by atoms with van der Waals surface area (Å²) in [6.45, 7) is 0. The number of nitrogens with two attached hydrogens (primary N) is 1. The lowest BCUT2D eigenvalue weighted by molar-refractivity contribution is 0.387. The molecule has 29 heavy (non-hydrogen) atoms. The first-order valence-electron chi connectivity index (χ1n) is 8.90. The zero-order valence-electron chi connectivity index (χ0n) is 15.0. The lowest BCUT2D eigenvalue weighted by Crippen LogP contribution is -2.26. The van der Waals surface area contributed by atoms with Gasteiger partial charge in [0.25, 0.3) is 0 Å². The Morgan fingerprint density at radius 3 is 2.55 bits per heavy atom. The molecule has 1 unspecified atom stereocenters. The van der Waals surface area contributed by atoms with Crippen LogP contribution in [0.4, 0.5) is 4.39 Å². The number of fused-ring (bicyclic) bond motifs is 5. The highest BCUT2D eigenvalue weighted by Gasteiger charge is 2.36. The number of benzene rings is 3. The van der Waals surface area contributed by atoms with Gasteiger partial charge in [0.05, 0.1) is 16.9 Å². The van der Waals surface area contributed by atoms with Gasteiger partial charge in [-0.05, 0) is 17.5 Å². The molecule has 0 amide bonds. The summed E-state index contributed by atoms with van der Waals surface area (Å²) in [6.07, 6.45) is 0. The number of nitriles is 1. The zero-order chi connectivity index (χ0) is 20.1. The van der Waals surface area contributed by atoms with Gasteiger partial charge in [0.2, 0.25) is 5.88 Å². The van der Waals surface area contributed by atoms with Crippen molar-refractivity contribution in [1.82, 2.24) is 0 Å². The molecule has 1 aromatic heterocycles. The summed E-state index contributed by atoms with van der Waals surface area (Å²) in [6, 6.07) is 19.0. The van der Waals surface area contributed by atoms with E-state index in [1.807, 2.05) is 36.4 Å². The van der Waals surface area contributed by atoms with Gasteiger partial charge in [-0.25, -0.2) is 9.18 Å². The molecule has 0 saturated heterocycles. The SMILES string of the molecule is N#CC1=C(N)Oc2c(c(=O)oc3c2ccc2ccccc23)C1c1ccccc1F. The Morgan fingerprint density at radius 2 is 1.76 bits per heavy atom. The Bertz CT molecular complexity index is 1450. The first kappa shape index (κ1) is 17.0. The van der Waals surface area contributed by atoms with Gasteiger partial charge >= 0.3 is 5.63 Å². The fourth-order valence-electron chi connectivity index (χ4n) is 3.87. The highest BCUT2D eigenvalue weighted by atomic mass is 19.1. The number of halogens is 1. The molecular weight excluding hydrogens is 371 g/mol. The fraction of sp³-hybridized carbons (Fsp3) is 0.0435. The van der Waals surface area contributed by atoms with Crippen LogP contribution in [0.2, 0.25) is 0 Å². The Hall–Kier alpha value is -4.11. The van der Waals surface area contributed by atoms with E-state index < -0.39 is 17.4 Å². The van der Waals surface area contributed by atoms with Crippen LogP contribution in [0.1, 0.15) is 17.0 Å². The Kier molecular flexibility index (Phi) is 3.65. The molecule has 6 heteroatoms. The predicted molar refractivity (Wildman–Crippen MR) is 106 cm³/mol. The number of ether oxygens (including phenoxy) is 1. The molecule has 3 aromatic carbocycles. The Balaban J connectivity index is 1.91. The number of allylic oxidation sites excluding steroid dienone is 1. The van der Waals surface area contributed by atoms with E-state index in [9.17, 15) is 14.4 Å². The van der Waals surface area contributed by atoms with Crippen molar-refractivity contribution in [3.8, 4) is 11.8 Å². The maximum absolute atomic E-state index is 14.6. The summed E-state index contributed by atoms with van der Waals surface area (Å²) >= 11 is 0. The quantitative estimate of drug-likeness (QED) is 0.390. The maximum atomic E-state index is 14.6. The molecule has 5 rings (SSSR count). The van der Waals surface area contributed by atoms with Crippen molar-refractivity contribution in [1.29, 1.82) is 5.26 Å². The van der Waals surface area contributed by atoms with Crippen molar-refractivity contribution < 1.29 is 13.5 Å². The van der Waals surface area contributed by atoms with Crippen LogP contribution in [0.5, 0.6) is 5.75 Å². The average molecular weight is 384 g/mol. The van der Waals surface area contributed by atoms with Crippen LogP contribution in [0.25, 0.3) is 21.7 Å². The minimum absolute atomic E-state index is 0.0324. The van der Waals surface area contributed by atoms with E-state index in [1.165, 1.54) is 18.2 Å². The maximum Gasteiger partial charge on any atom is 0.344 e. The normalized spacial score (nSPS) is 15.8. The molecule has 0 saturated carbocycles. The summed E-state index contributed by atoms with van der Waals surface area (Å²) in [5.41, 5.74) is 5.86. The van der Waals surface area contributed by atoms with Gasteiger partial charge < -0.3 is 14.9 Å². The van der Waals surface area contributed by atoms with Gasteiger partial charge in [-0.15, -0.1) is 0 Å². The molecule has 0 aliphatic carbocycles. The van der Waals surface area contributed by atoms with Crippen LogP contribution in [-0.2, 0) is 0 Å². The Morgan fingerprint density at radius 1 is 1.00 bits per heavy atom. The third kappa shape index (κ3) is 2.41. The van der Waals surface area contributed by atoms with E-state index >= 15 is 0 Å². The largest absolute Gasteiger partial charge is 0.439 e. The van der Waals surface area contributed by atoms with E-state index in [0.29, 0.717) is 11.0 Å². The second-order valence-electron chi connectivity index (χ2n) is 6.74. The summed E-state index contributed by atoms with van der Waals surface area (Å²) in [7, 11) is 0. The van der Waals surface area contributed by atoms with Gasteiger partial charge in [0.1, 0.15) is 23.0 Å². The van der Waals surface area contributed by atoms with E-state index in [4.69, 9.17) is 14.9 Å². The van der Waals surface area contributed by atoms with Crippen LogP contribution in [-0.4, -0.2) is 0 Å². The minimum atomic E-state index is -1.02. The molecule has 0 radical (unpaired) electrons. The summed E-state index contributed by atoms with van der Waals surface area (Å²) in [4.78, 5) is 13.0. The zero-order valence-corrected chi connectivity index (χ0v) is 15.0. The summed E-state index contributed by atoms with van der Waals surface area (Å²) < 4.78 is 26.0. The molecule has 140 valence electrons. The van der Waals surface area contributed by atoms with Gasteiger partial charge in [0.15, 0.2) is 5.75 Å². The standard InChI is InChI=1S/C23H13FN2O3/c24-17-8-4-3-7-14(17)18-16(11-25)22(26)28-21-15-10-9-12-5-1-2-6-13(12)20(15)29-23(27)19(18)21/h1-10,18H,26H2. The topological polar surface area (TPSA) is 89.3 Å². The number of hydrogen-bond donors (Lipinski definition) is 1. The monoisotopic (exact) mass is 384 g/mol. The lowest BCUT2D eigenvalue weighted by Gasteiger charge is -2.26. The molecule has 1 aliphatic rings. The molecule has 1 aliphatic heterocycles. The molecule has 2 N–H and O–H groups in total. The third-order valence-electron chi connectivity index (χ3n) is 5.18. The fourth-order valence-corrected chi connectivity index (χ4v) is 3.87. The number of nitrogens with zero attached hydrogens (tertiary/aromatic N) is 1. The van der Waals surface area contributed by atoms with E-state index in [0.717, 1.165) is 10.8 Å². The molecule has 0 fully saturated rings. The summed E-state index contributed by atoms with van der Waals surface area (Å²) in [5, 5.41) is 11.8. The second-order valence-corrected chi connectivity index (χ2v) is 6.74. The molecule has 4 aromatic rings. The predicted octanol–water partition coefficient (Wildman–Crippen LogP) is 4.30. The molecule has 0 spiro atoms. The Labute approximate surface area is 164 Å². The highest BCUT2D eigenvalue weighted by molar-refractivity contribution is 6.06. The summed E-state index contributed by atoms with van der Waals surface area (Å²) in [5.74, 6) is -1.54. The lowest BCUT2D eigenvalue weighted by atomic mass is 9.83. The van der Waals surface area contributed by atoms with Crippen LogP contribution in [0.15, 0.2) is 81.3 Å². The van der Waals surface area contributed by atoms with Crippen LogP contribution in [0.3, 0.4) is 0 Å². The third-order valence-corrected chi connectivity index (χ3v) is 5.18. The van der Waals surface area contributed by atoms with Crippen molar-refractivity contribution in [3.05, 3.63) is 99.5 Å². The van der Waals surface area contributed by atoms with E-state index in [1.54, 1.807) is 12.1 Å². The molecule has 0 bridgehead atoms. The van der Waals surface area contributed by atoms with Gasteiger partial charge in [-0.1, -0.05) is 48.5 Å². The first-order chi connectivity index (χ1) is 14.1. The number of rotatable bonds is 1. The van der Waals surface area contributed by atoms with Crippen LogP contribution >= 0.6 is 0 Å². The molecule has 5 nitrogen and oxygen atoms in total. The minimum Gasteiger partial charge on any atom is -0.439 e. The average Bonchev–Trinajstić information content (AvgIpc) is 2.73. The second kappa shape index (κ2) is 6.21. The smallest absolute Gasteiger partial charge is 0.344 e. The van der Waals surface area contributed by atoms with Gasteiger partial charge in [0, 0.05) is 10.9 Å². The molecular formula is C23H13FN2O3. The van der Waals surface area contributed by atoms with E-state index in [-0.39, 0.29) is 28.3 Å². The van der Waals surface area contributed by atoms with Gasteiger partial charge in [-0.3, -0.25) is 0 Å². The van der Waals surface area contributed by atoms with Gasteiger partial charge in [-0.2, -0.15) is 5.26 Å². The molecule has 2 heterocycles. The van der Waals surface area contributed by atoms with E-state index in [2.05, 4.69) is 0 Å². The van der Waals surface area contributed by atoms with Crippen molar-refractivity contribution in [2.24, 2.45) is 5.73 Å². The van der Waals surface area contributed by atoms with Crippen molar-refractivity contribution >= 4 is 21.7 Å². The van der Waals surface area contributed by atoms with Crippen molar-refractivity contribution in [3.63, 3.8) is 0 Å². The molecule has 1 atom stereocenters. The van der Waals surface area contributed by atoms with Crippen LogP contribution < -0.4 is 16.1 Å². The van der Waals surface area contributed by atoms with Crippen LogP contribution in [0, 0.1) is 17.1 Å². The highest BCUT2D eigenvalue weighted by Crippen LogP contribution is 2.44. The first-order valence-corrected chi connectivity index (χ1v) is 8.90.